The fourth-order valence-corrected chi connectivity index (χ4v) is 4.39. The van der Waals surface area contributed by atoms with Crippen LogP contribution in [-0.2, 0) is 17.7 Å². The summed E-state index contributed by atoms with van der Waals surface area (Å²) in [7, 11) is 0. The van der Waals surface area contributed by atoms with Crippen LogP contribution in [0.25, 0.3) is 11.5 Å². The summed E-state index contributed by atoms with van der Waals surface area (Å²) >= 11 is 0. The molecule has 2 N–H and O–H groups in total. The quantitative estimate of drug-likeness (QED) is 0.546. The molecule has 2 aromatic carbocycles. The molecule has 0 spiro atoms. The number of hydrogen-bond acceptors (Lipinski definition) is 6. The number of ether oxygens (including phenoxy) is 1. The molecule has 1 fully saturated rings. The molecular weight excluding hydrogens is 388 g/mol. The van der Waals surface area contributed by atoms with Gasteiger partial charge in [0.1, 0.15) is 0 Å². The van der Waals surface area contributed by atoms with Crippen molar-refractivity contribution in [2.75, 3.05) is 32.0 Å². The lowest BCUT2D eigenvalue weighted by molar-refractivity contribution is -0.00232. The van der Waals surface area contributed by atoms with E-state index in [1.165, 1.54) is 30.4 Å². The third-order valence-electron chi connectivity index (χ3n) is 6.36. The van der Waals surface area contributed by atoms with Gasteiger partial charge in [-0.1, -0.05) is 47.6 Å². The van der Waals surface area contributed by atoms with Gasteiger partial charge in [0, 0.05) is 18.7 Å². The molecule has 1 aromatic heterocycles. The summed E-state index contributed by atoms with van der Waals surface area (Å²) in [6.07, 6.45) is 4.67. The van der Waals surface area contributed by atoms with Crippen molar-refractivity contribution in [3.8, 4) is 11.5 Å². The molecule has 1 aliphatic rings. The van der Waals surface area contributed by atoms with Crippen LogP contribution in [0.3, 0.4) is 0 Å². The second-order valence-corrected chi connectivity index (χ2v) is 8.54. The van der Waals surface area contributed by atoms with Gasteiger partial charge in [-0.15, -0.1) is 5.10 Å². The average molecular weight is 421 g/mol. The van der Waals surface area contributed by atoms with Crippen LogP contribution in [0.2, 0.25) is 0 Å². The van der Waals surface area contributed by atoms with Crippen LogP contribution in [0.15, 0.2) is 59.0 Å². The monoisotopic (exact) mass is 420 g/mol. The highest BCUT2D eigenvalue weighted by Crippen LogP contribution is 2.37. The molecule has 0 radical (unpaired) electrons. The van der Waals surface area contributed by atoms with E-state index in [1.807, 2.05) is 12.1 Å². The Labute approximate surface area is 184 Å². The van der Waals surface area contributed by atoms with E-state index in [1.54, 1.807) is 0 Å². The van der Waals surface area contributed by atoms with E-state index in [4.69, 9.17) is 14.9 Å². The van der Waals surface area contributed by atoms with Crippen molar-refractivity contribution in [3.63, 3.8) is 0 Å². The molecule has 0 amide bonds. The predicted molar refractivity (Wildman–Crippen MR) is 122 cm³/mol. The fourth-order valence-electron chi connectivity index (χ4n) is 4.39. The van der Waals surface area contributed by atoms with E-state index in [9.17, 15) is 0 Å². The Morgan fingerprint density at radius 3 is 2.39 bits per heavy atom. The second kappa shape index (κ2) is 10.1. The predicted octanol–water partition coefficient (Wildman–Crippen LogP) is 4.57. The highest BCUT2D eigenvalue weighted by Gasteiger charge is 2.34. The standard InChI is InChI=1S/C25H32N4O2/c1-2-30-19-25(13-12-20-6-4-3-5-7-20)14-16-29(17-15-25)18-21-8-10-22(11-9-21)23-27-28-24(26)31-23/h3-11H,2,12-19H2,1H3,(H2,26,28). The summed E-state index contributed by atoms with van der Waals surface area (Å²) in [5.41, 5.74) is 9.40. The van der Waals surface area contributed by atoms with Gasteiger partial charge in [-0.3, -0.25) is 4.90 Å². The van der Waals surface area contributed by atoms with Crippen LogP contribution in [0.1, 0.15) is 37.3 Å². The SMILES string of the molecule is CCOCC1(CCc2ccccc2)CCN(Cc2ccc(-c3nnc(N)o3)cc2)CC1. The van der Waals surface area contributed by atoms with Crippen LogP contribution >= 0.6 is 0 Å². The van der Waals surface area contributed by atoms with Crippen molar-refractivity contribution in [3.05, 3.63) is 65.7 Å². The van der Waals surface area contributed by atoms with Crippen molar-refractivity contribution in [2.24, 2.45) is 5.41 Å². The van der Waals surface area contributed by atoms with E-state index in [-0.39, 0.29) is 11.4 Å². The number of anilines is 1. The van der Waals surface area contributed by atoms with Crippen molar-refractivity contribution in [1.82, 2.24) is 15.1 Å². The Morgan fingerprint density at radius 2 is 1.74 bits per heavy atom. The number of nitrogens with zero attached hydrogens (tertiary/aromatic N) is 3. The van der Waals surface area contributed by atoms with Gasteiger partial charge in [0.25, 0.3) is 0 Å². The van der Waals surface area contributed by atoms with Crippen LogP contribution < -0.4 is 5.73 Å². The van der Waals surface area contributed by atoms with Gasteiger partial charge in [-0.2, -0.15) is 0 Å². The van der Waals surface area contributed by atoms with E-state index < -0.39 is 0 Å². The lowest BCUT2D eigenvalue weighted by Gasteiger charge is -2.42. The number of nitrogen functional groups attached to an aromatic ring is 1. The third kappa shape index (κ3) is 5.71. The molecular formula is C25H32N4O2. The van der Waals surface area contributed by atoms with Gasteiger partial charge in [0.05, 0.1) is 6.61 Å². The largest absolute Gasteiger partial charge is 0.404 e. The zero-order chi connectivity index (χ0) is 21.5. The Kier molecular flexibility index (Phi) is 6.99. The summed E-state index contributed by atoms with van der Waals surface area (Å²) < 4.78 is 11.2. The van der Waals surface area contributed by atoms with E-state index in [0.29, 0.717) is 5.89 Å². The number of nitrogens with two attached hydrogens (primary N) is 1. The smallest absolute Gasteiger partial charge is 0.313 e. The highest BCUT2D eigenvalue weighted by atomic mass is 16.5. The van der Waals surface area contributed by atoms with Gasteiger partial charge >= 0.3 is 6.01 Å². The first-order valence-corrected chi connectivity index (χ1v) is 11.2. The lowest BCUT2D eigenvalue weighted by atomic mass is 9.74. The Hall–Kier alpha value is -2.70. The molecule has 3 aromatic rings. The summed E-state index contributed by atoms with van der Waals surface area (Å²) in [5.74, 6) is 0.459. The van der Waals surface area contributed by atoms with Crippen molar-refractivity contribution in [2.45, 2.75) is 39.2 Å². The minimum Gasteiger partial charge on any atom is -0.404 e. The minimum absolute atomic E-state index is 0.0928. The fraction of sp³-hybridized carbons (Fsp3) is 0.440. The number of aryl methyl sites for hydroxylation is 1. The molecule has 1 aliphatic heterocycles. The lowest BCUT2D eigenvalue weighted by Crippen LogP contribution is -2.42. The number of aromatic nitrogens is 2. The van der Waals surface area contributed by atoms with Crippen LogP contribution in [-0.4, -0.2) is 41.4 Å². The summed E-state index contributed by atoms with van der Waals surface area (Å²) in [6, 6.07) is 19.2. The normalized spacial score (nSPS) is 16.4. The first kappa shape index (κ1) is 21.5. The maximum atomic E-state index is 5.93. The third-order valence-corrected chi connectivity index (χ3v) is 6.36. The van der Waals surface area contributed by atoms with Gasteiger partial charge < -0.3 is 14.9 Å². The number of rotatable bonds is 9. The molecule has 0 unspecified atom stereocenters. The minimum atomic E-state index is 0.0928. The maximum Gasteiger partial charge on any atom is 0.313 e. The van der Waals surface area contributed by atoms with Gasteiger partial charge in [0.2, 0.25) is 5.89 Å². The topological polar surface area (TPSA) is 77.4 Å². The highest BCUT2D eigenvalue weighted by molar-refractivity contribution is 5.53. The molecule has 6 nitrogen and oxygen atoms in total. The van der Waals surface area contributed by atoms with Gasteiger partial charge in [-0.05, 0) is 74.4 Å². The molecule has 0 aliphatic carbocycles. The van der Waals surface area contributed by atoms with Crippen LogP contribution in [0.5, 0.6) is 0 Å². The summed E-state index contributed by atoms with van der Waals surface area (Å²) in [6.45, 7) is 6.90. The van der Waals surface area contributed by atoms with E-state index >= 15 is 0 Å². The van der Waals surface area contributed by atoms with Gasteiger partial charge in [0.15, 0.2) is 0 Å². The van der Waals surface area contributed by atoms with Crippen LogP contribution in [0, 0.1) is 5.41 Å². The van der Waals surface area contributed by atoms with Crippen LogP contribution in [0.4, 0.5) is 6.01 Å². The molecule has 6 heteroatoms. The van der Waals surface area contributed by atoms with E-state index in [0.717, 1.165) is 44.8 Å². The molecule has 0 bridgehead atoms. The van der Waals surface area contributed by atoms with E-state index in [2.05, 4.69) is 64.5 Å². The van der Waals surface area contributed by atoms with Gasteiger partial charge in [-0.25, -0.2) is 0 Å². The molecule has 1 saturated heterocycles. The molecule has 0 saturated carbocycles. The van der Waals surface area contributed by atoms with Crippen molar-refractivity contribution < 1.29 is 9.15 Å². The number of benzene rings is 2. The molecule has 2 heterocycles. The van der Waals surface area contributed by atoms with Crippen molar-refractivity contribution in [1.29, 1.82) is 0 Å². The Morgan fingerprint density at radius 1 is 1.00 bits per heavy atom. The number of piperidine rings is 1. The summed E-state index contributed by atoms with van der Waals surface area (Å²) in [4.78, 5) is 2.55. The maximum absolute atomic E-state index is 5.93. The first-order valence-electron chi connectivity index (χ1n) is 11.2. The molecule has 4 rings (SSSR count). The Bertz CT molecular complexity index is 932. The zero-order valence-electron chi connectivity index (χ0n) is 18.3. The second-order valence-electron chi connectivity index (χ2n) is 8.54. The number of hydrogen-bond donors (Lipinski definition) is 1. The summed E-state index contributed by atoms with van der Waals surface area (Å²) in [5, 5.41) is 7.67. The number of likely N-dealkylation sites (tertiary alicyclic amines) is 1. The first-order chi connectivity index (χ1) is 15.2. The molecule has 164 valence electrons. The van der Waals surface area contributed by atoms with Crippen molar-refractivity contribution >= 4 is 6.01 Å². The average Bonchev–Trinajstić information content (AvgIpc) is 3.25. The zero-order valence-corrected chi connectivity index (χ0v) is 18.3. The molecule has 0 atom stereocenters. The molecule has 31 heavy (non-hydrogen) atoms. The Balaban J connectivity index is 1.33.